The fourth-order valence-corrected chi connectivity index (χ4v) is 4.61. The van der Waals surface area contributed by atoms with Crippen LogP contribution in [-0.4, -0.2) is 71.4 Å². The number of hydrogen-bond acceptors (Lipinski definition) is 4. The van der Waals surface area contributed by atoms with Crippen LogP contribution >= 0.6 is 17.5 Å². The molecule has 204 valence electrons. The first kappa shape index (κ1) is 35.9. The van der Waals surface area contributed by atoms with Gasteiger partial charge in [-0.1, -0.05) is 54.4 Å². The maximum absolute atomic E-state index is 12.5. The van der Waals surface area contributed by atoms with Crippen molar-refractivity contribution in [2.75, 3.05) is 45.2 Å². The first-order chi connectivity index (χ1) is 15.9. The number of nitrogens with zero attached hydrogens (tertiary/aromatic N) is 2. The zero-order valence-corrected chi connectivity index (χ0v) is 25.6. The van der Waals surface area contributed by atoms with E-state index in [4.69, 9.17) is 4.74 Å². The monoisotopic (exact) mass is 522 g/mol. The molecule has 0 radical (unpaired) electrons. The minimum absolute atomic E-state index is 0.0396. The molecule has 1 N–H and O–H groups in total. The summed E-state index contributed by atoms with van der Waals surface area (Å²) in [6, 6.07) is 0. The van der Waals surface area contributed by atoms with E-state index >= 15 is 0 Å². The predicted molar refractivity (Wildman–Crippen MR) is 151 cm³/mol. The van der Waals surface area contributed by atoms with E-state index in [1.54, 1.807) is 4.67 Å². The lowest BCUT2D eigenvalue weighted by atomic mass is 9.94. The maximum Gasteiger partial charge on any atom is 0.225 e. The van der Waals surface area contributed by atoms with Gasteiger partial charge in [0, 0.05) is 58.8 Å². The second-order valence-corrected chi connectivity index (χ2v) is 12.7. The summed E-state index contributed by atoms with van der Waals surface area (Å²) in [4.78, 5) is 35.5. The Balaban J connectivity index is 0. The highest BCUT2D eigenvalue weighted by atomic mass is 31.1. The number of carbonyl (C=O) groups excluding carboxylic acids is 2. The molecule has 8 heteroatoms. The SMILES string of the molecule is CCCCC(=O)N(P)CC.CCCOCC(C)(C)CN(CC)C(=O)CCP(O)CCCC(C)C. The zero-order chi connectivity index (χ0) is 26.6. The van der Waals surface area contributed by atoms with Crippen molar-refractivity contribution in [3.8, 4) is 0 Å². The van der Waals surface area contributed by atoms with Crippen molar-refractivity contribution in [3.63, 3.8) is 0 Å². The molecule has 0 bridgehead atoms. The molecule has 0 aliphatic heterocycles. The van der Waals surface area contributed by atoms with Crippen molar-refractivity contribution >= 4 is 29.4 Å². The van der Waals surface area contributed by atoms with Gasteiger partial charge in [0.25, 0.3) is 0 Å². The third kappa shape index (κ3) is 21.0. The Morgan fingerprint density at radius 2 is 1.62 bits per heavy atom. The van der Waals surface area contributed by atoms with Crippen LogP contribution in [0.5, 0.6) is 0 Å². The second-order valence-electron chi connectivity index (χ2n) is 10.1. The van der Waals surface area contributed by atoms with E-state index < -0.39 is 8.15 Å². The molecule has 0 saturated heterocycles. The number of ether oxygens (including phenoxy) is 1. The van der Waals surface area contributed by atoms with Gasteiger partial charge in [0.1, 0.15) is 0 Å². The highest BCUT2D eigenvalue weighted by Gasteiger charge is 2.24. The van der Waals surface area contributed by atoms with Crippen LogP contribution in [0.4, 0.5) is 0 Å². The van der Waals surface area contributed by atoms with Crippen LogP contribution in [0.3, 0.4) is 0 Å². The molecule has 2 atom stereocenters. The summed E-state index contributed by atoms with van der Waals surface area (Å²) >= 11 is 0. The Morgan fingerprint density at radius 3 is 2.12 bits per heavy atom. The fraction of sp³-hybridized carbons (Fsp3) is 0.923. The molecular formula is C26H56N2O4P2. The van der Waals surface area contributed by atoms with E-state index in [0.717, 1.165) is 51.4 Å². The second kappa shape index (κ2) is 22.0. The minimum atomic E-state index is -0.990. The highest BCUT2D eigenvalue weighted by Crippen LogP contribution is 2.32. The van der Waals surface area contributed by atoms with Crippen LogP contribution in [0.25, 0.3) is 0 Å². The highest BCUT2D eigenvalue weighted by molar-refractivity contribution is 7.51. The minimum Gasteiger partial charge on any atom is -0.381 e. The summed E-state index contributed by atoms with van der Waals surface area (Å²) in [7, 11) is 1.44. The van der Waals surface area contributed by atoms with E-state index in [0.29, 0.717) is 44.6 Å². The molecule has 0 spiro atoms. The summed E-state index contributed by atoms with van der Waals surface area (Å²) in [6.45, 7) is 20.5. The van der Waals surface area contributed by atoms with Gasteiger partial charge < -0.3 is 19.2 Å². The van der Waals surface area contributed by atoms with Crippen LogP contribution in [-0.2, 0) is 14.3 Å². The van der Waals surface area contributed by atoms with Crippen molar-refractivity contribution in [2.24, 2.45) is 11.3 Å². The largest absolute Gasteiger partial charge is 0.381 e. The molecule has 0 aromatic heterocycles. The third-order valence-electron chi connectivity index (χ3n) is 5.38. The van der Waals surface area contributed by atoms with Crippen LogP contribution in [0, 0.1) is 11.3 Å². The molecule has 2 amide bonds. The van der Waals surface area contributed by atoms with Gasteiger partial charge in [0.05, 0.1) is 6.61 Å². The first-order valence-corrected chi connectivity index (χ1v) is 15.5. The van der Waals surface area contributed by atoms with Crippen molar-refractivity contribution in [1.82, 2.24) is 9.57 Å². The van der Waals surface area contributed by atoms with E-state index in [1.165, 1.54) is 0 Å². The number of hydrogen-bond donors (Lipinski definition) is 1. The van der Waals surface area contributed by atoms with Crippen molar-refractivity contribution in [1.29, 1.82) is 0 Å². The molecular weight excluding hydrogens is 466 g/mol. The van der Waals surface area contributed by atoms with E-state index in [1.807, 2.05) is 18.7 Å². The van der Waals surface area contributed by atoms with Gasteiger partial charge in [-0.15, -0.1) is 0 Å². The molecule has 0 fully saturated rings. The lowest BCUT2D eigenvalue weighted by Gasteiger charge is -2.32. The Bertz CT molecular complexity index is 519. The Kier molecular flexibility index (Phi) is 23.2. The summed E-state index contributed by atoms with van der Waals surface area (Å²) in [6.07, 6.45) is 7.98. The van der Waals surface area contributed by atoms with Crippen LogP contribution in [0.1, 0.15) is 100 Å². The van der Waals surface area contributed by atoms with Crippen LogP contribution in [0.2, 0.25) is 0 Å². The molecule has 2 unspecified atom stereocenters. The van der Waals surface area contributed by atoms with Crippen molar-refractivity contribution < 1.29 is 19.2 Å². The van der Waals surface area contributed by atoms with E-state index in [2.05, 4.69) is 50.9 Å². The molecule has 0 aromatic carbocycles. The zero-order valence-electron chi connectivity index (χ0n) is 23.6. The molecule has 0 saturated carbocycles. The van der Waals surface area contributed by atoms with Gasteiger partial charge in [-0.05, 0) is 54.6 Å². The Morgan fingerprint density at radius 1 is 0.971 bits per heavy atom. The third-order valence-corrected chi connectivity index (χ3v) is 7.61. The summed E-state index contributed by atoms with van der Waals surface area (Å²) < 4.78 is 7.34. The van der Waals surface area contributed by atoms with Crippen LogP contribution < -0.4 is 0 Å². The average Bonchev–Trinajstić information content (AvgIpc) is 2.79. The molecule has 0 aliphatic carbocycles. The van der Waals surface area contributed by atoms with Crippen molar-refractivity contribution in [3.05, 3.63) is 0 Å². The van der Waals surface area contributed by atoms with Gasteiger partial charge in [0.2, 0.25) is 11.8 Å². The number of rotatable bonds is 18. The van der Waals surface area contributed by atoms with E-state index in [-0.39, 0.29) is 17.2 Å². The van der Waals surface area contributed by atoms with Crippen molar-refractivity contribution in [2.45, 2.75) is 100 Å². The molecule has 0 heterocycles. The smallest absolute Gasteiger partial charge is 0.225 e. The average molecular weight is 523 g/mol. The lowest BCUT2D eigenvalue weighted by Crippen LogP contribution is -2.41. The first-order valence-electron chi connectivity index (χ1n) is 13.3. The lowest BCUT2D eigenvalue weighted by molar-refractivity contribution is -0.132. The summed E-state index contributed by atoms with van der Waals surface area (Å²) in [5, 5.41) is 0. The van der Waals surface area contributed by atoms with Gasteiger partial charge in [-0.2, -0.15) is 0 Å². The van der Waals surface area contributed by atoms with Gasteiger partial charge in [-0.25, -0.2) is 0 Å². The quantitative estimate of drug-likeness (QED) is 0.169. The fourth-order valence-electron chi connectivity index (χ4n) is 3.26. The summed E-state index contributed by atoms with van der Waals surface area (Å²) in [5.41, 5.74) is -0.0396. The number of carbonyl (C=O) groups is 2. The molecule has 0 rings (SSSR count). The van der Waals surface area contributed by atoms with Gasteiger partial charge >= 0.3 is 0 Å². The number of amides is 2. The summed E-state index contributed by atoms with van der Waals surface area (Å²) in [5.74, 6) is 1.07. The van der Waals surface area contributed by atoms with Crippen LogP contribution in [0.15, 0.2) is 0 Å². The molecule has 0 aromatic rings. The standard InChI is InChI=1S/C19H40NO3P.C7H16NOP/c1-7-12-23-16-19(5,6)15-20(8-2)18(21)11-14-24(22)13-9-10-17(3)4;1-3-5-6-7(9)8(10)4-2/h17,22H,7-16H2,1-6H3;3-6,10H2,1-2H3. The Hall–Kier alpha value is -0.280. The van der Waals surface area contributed by atoms with E-state index in [9.17, 15) is 14.5 Å². The number of unbranched alkanes of at least 4 members (excludes halogenated alkanes) is 1. The maximum atomic E-state index is 12.5. The van der Waals surface area contributed by atoms with Gasteiger partial charge in [-0.3, -0.25) is 9.59 Å². The predicted octanol–water partition coefficient (Wildman–Crippen LogP) is 6.32. The molecule has 6 nitrogen and oxygen atoms in total. The molecule has 0 aliphatic rings. The van der Waals surface area contributed by atoms with Gasteiger partial charge in [0.15, 0.2) is 0 Å². The molecule has 34 heavy (non-hydrogen) atoms. The Labute approximate surface area is 215 Å². The normalized spacial score (nSPS) is 12.2. The topological polar surface area (TPSA) is 70.1 Å².